The van der Waals surface area contributed by atoms with Crippen molar-refractivity contribution >= 4 is 8.32 Å². The zero-order chi connectivity index (χ0) is 32.8. The number of ether oxygens (including phenoxy) is 2. The van der Waals surface area contributed by atoms with Gasteiger partial charge in [0.1, 0.15) is 5.75 Å². The number of rotatable bonds is 25. The molecule has 1 aromatic rings. The van der Waals surface area contributed by atoms with Crippen molar-refractivity contribution in [3.8, 4) is 5.75 Å². The Hall–Kier alpha value is -1.10. The smallest absolute Gasteiger partial charge is 0.199 e. The van der Waals surface area contributed by atoms with Crippen LogP contribution in [0.3, 0.4) is 0 Å². The highest BCUT2D eigenvalue weighted by Crippen LogP contribution is 2.37. The molecule has 1 aromatic carbocycles. The van der Waals surface area contributed by atoms with Gasteiger partial charge >= 0.3 is 0 Å². The van der Waals surface area contributed by atoms with E-state index in [1.165, 1.54) is 128 Å². The van der Waals surface area contributed by atoms with Crippen LogP contribution >= 0.6 is 0 Å². The molecule has 0 aromatic heterocycles. The van der Waals surface area contributed by atoms with Crippen LogP contribution in [0, 0.1) is 5.92 Å². The number of allylic oxidation sites excluding steroid dienone is 1. The second kappa shape index (κ2) is 23.3. The minimum Gasteiger partial charge on any atom is -0.465 e. The van der Waals surface area contributed by atoms with Crippen molar-refractivity contribution in [2.45, 2.75) is 194 Å². The average Bonchev–Trinajstić information content (AvgIpc) is 3.00. The molecule has 0 aliphatic carbocycles. The van der Waals surface area contributed by atoms with Gasteiger partial charge in [-0.3, -0.25) is 0 Å². The Labute approximate surface area is 281 Å². The predicted octanol–water partition coefficient (Wildman–Crippen LogP) is 13.4. The van der Waals surface area contributed by atoms with E-state index in [1.54, 1.807) is 5.57 Å². The number of hydrogen-bond acceptors (Lipinski definition) is 3. The molecule has 2 rings (SSSR count). The van der Waals surface area contributed by atoms with E-state index in [1.807, 2.05) is 0 Å². The monoisotopic (exact) mass is 643 g/mol. The fourth-order valence-corrected chi connectivity index (χ4v) is 7.18. The molecule has 1 aliphatic rings. The molecule has 1 heterocycles. The van der Waals surface area contributed by atoms with E-state index in [0.717, 1.165) is 31.8 Å². The quantitative estimate of drug-likeness (QED) is 0.0603. The summed E-state index contributed by atoms with van der Waals surface area (Å²) in [7, 11) is -1.63. The van der Waals surface area contributed by atoms with Crippen molar-refractivity contribution in [3.63, 3.8) is 0 Å². The van der Waals surface area contributed by atoms with Crippen molar-refractivity contribution in [1.29, 1.82) is 0 Å². The molecular weight excluding hydrogens is 569 g/mol. The summed E-state index contributed by atoms with van der Waals surface area (Å²) in [4.78, 5) is 0. The van der Waals surface area contributed by atoms with E-state index in [4.69, 9.17) is 13.9 Å². The van der Waals surface area contributed by atoms with Crippen LogP contribution in [-0.2, 0) is 15.6 Å². The van der Waals surface area contributed by atoms with Crippen LogP contribution in [0.1, 0.15) is 169 Å². The zero-order valence-electron chi connectivity index (χ0n) is 31.0. The van der Waals surface area contributed by atoms with Gasteiger partial charge in [0.05, 0.1) is 6.61 Å². The van der Waals surface area contributed by atoms with Crippen LogP contribution in [0.2, 0.25) is 18.1 Å². The summed E-state index contributed by atoms with van der Waals surface area (Å²) in [6.07, 6.45) is 30.8. The van der Waals surface area contributed by atoms with Gasteiger partial charge in [0, 0.05) is 13.0 Å². The summed E-state index contributed by atoms with van der Waals surface area (Å²) in [5.74, 6) is 1.47. The molecular formula is C41H74O3Si. The van der Waals surface area contributed by atoms with E-state index in [9.17, 15) is 0 Å². The molecule has 45 heavy (non-hydrogen) atoms. The number of aryl methyl sites for hydroxylation is 1. The molecule has 1 saturated heterocycles. The number of unbranched alkanes of at least 4 members (excludes halogenated alkanes) is 15. The maximum atomic E-state index is 6.41. The van der Waals surface area contributed by atoms with Crippen LogP contribution in [0.4, 0.5) is 0 Å². The lowest BCUT2D eigenvalue weighted by molar-refractivity contribution is -0.105. The zero-order valence-corrected chi connectivity index (χ0v) is 32.0. The molecule has 2 atom stereocenters. The fraction of sp³-hybridized carbons (Fsp3) is 0.805. The molecule has 0 N–H and O–H groups in total. The summed E-state index contributed by atoms with van der Waals surface area (Å²) < 4.78 is 18.0. The lowest BCUT2D eigenvalue weighted by Gasteiger charge is -2.36. The summed E-state index contributed by atoms with van der Waals surface area (Å²) in [6.45, 7) is 18.0. The molecule has 0 radical (unpaired) electrons. The van der Waals surface area contributed by atoms with E-state index >= 15 is 0 Å². The third-order valence-corrected chi connectivity index (χ3v) is 14.7. The van der Waals surface area contributed by atoms with Gasteiger partial charge in [-0.15, -0.1) is 0 Å². The topological polar surface area (TPSA) is 27.7 Å². The maximum Gasteiger partial charge on any atom is 0.199 e. The van der Waals surface area contributed by atoms with E-state index in [-0.39, 0.29) is 6.29 Å². The molecule has 0 spiro atoms. The highest BCUT2D eigenvalue weighted by atomic mass is 28.4. The first-order valence-corrected chi connectivity index (χ1v) is 22.2. The van der Waals surface area contributed by atoms with Crippen molar-refractivity contribution in [2.75, 3.05) is 13.2 Å². The molecule has 1 aliphatic heterocycles. The molecule has 1 unspecified atom stereocenters. The highest BCUT2D eigenvalue weighted by molar-refractivity contribution is 6.74. The molecule has 4 heteroatoms. The lowest BCUT2D eigenvalue weighted by Crippen LogP contribution is -2.41. The standard InChI is InChI=1S/C41H74O3Si/c1-36(34-37(2)35-43-45(6,7)41(3,4)5)26-22-20-18-16-14-12-10-8-9-11-13-15-17-19-21-23-27-38-29-31-39(32-30-38)44-40-28-24-25-33-42-40/h29-32,34,37,40H,8-28,33,35H2,1-7H3/b36-34+/t37-,40?/m1/s1. The third kappa shape index (κ3) is 19.3. The molecule has 260 valence electrons. The van der Waals surface area contributed by atoms with Crippen LogP contribution < -0.4 is 4.74 Å². The van der Waals surface area contributed by atoms with Crippen molar-refractivity contribution in [3.05, 3.63) is 41.5 Å². The van der Waals surface area contributed by atoms with E-state index in [2.05, 4.69) is 78.1 Å². The SMILES string of the molecule is C/C(=C\[C@@H](C)CO[Si](C)(C)C(C)(C)C)CCCCCCCCCCCCCCCCCCc1ccc(OC2CCCCO2)cc1. The van der Waals surface area contributed by atoms with Crippen LogP contribution in [-0.4, -0.2) is 27.8 Å². The summed E-state index contributed by atoms with van der Waals surface area (Å²) in [5, 5.41) is 0.295. The molecule has 1 fully saturated rings. The van der Waals surface area contributed by atoms with Gasteiger partial charge in [-0.2, -0.15) is 0 Å². The van der Waals surface area contributed by atoms with Crippen molar-refractivity contribution < 1.29 is 13.9 Å². The minimum absolute atomic E-state index is 0.0496. The second-order valence-electron chi connectivity index (χ2n) is 15.8. The van der Waals surface area contributed by atoms with Gasteiger partial charge in [-0.25, -0.2) is 0 Å². The van der Waals surface area contributed by atoms with E-state index in [0.29, 0.717) is 11.0 Å². The average molecular weight is 643 g/mol. The summed E-state index contributed by atoms with van der Waals surface area (Å²) in [6, 6.07) is 8.69. The Kier molecular flexibility index (Phi) is 20.7. The van der Waals surface area contributed by atoms with Gasteiger partial charge < -0.3 is 13.9 Å². The first-order valence-electron chi connectivity index (χ1n) is 19.3. The van der Waals surface area contributed by atoms with Crippen LogP contribution in [0.15, 0.2) is 35.9 Å². The first-order chi connectivity index (χ1) is 21.6. The predicted molar refractivity (Wildman–Crippen MR) is 199 cm³/mol. The minimum atomic E-state index is -1.63. The number of benzene rings is 1. The van der Waals surface area contributed by atoms with Gasteiger partial charge in [0.15, 0.2) is 14.6 Å². The Morgan fingerprint density at radius 3 is 1.80 bits per heavy atom. The van der Waals surface area contributed by atoms with Crippen molar-refractivity contribution in [1.82, 2.24) is 0 Å². The summed E-state index contributed by atoms with van der Waals surface area (Å²) in [5.41, 5.74) is 2.98. The Balaban J connectivity index is 1.31. The second-order valence-corrected chi connectivity index (χ2v) is 20.6. The Bertz CT molecular complexity index is 879. The van der Waals surface area contributed by atoms with Gasteiger partial charge in [0.25, 0.3) is 0 Å². The third-order valence-electron chi connectivity index (χ3n) is 10.2. The van der Waals surface area contributed by atoms with E-state index < -0.39 is 8.32 Å². The van der Waals surface area contributed by atoms with Gasteiger partial charge in [-0.05, 0) is 87.2 Å². The Morgan fingerprint density at radius 2 is 1.31 bits per heavy atom. The fourth-order valence-electron chi connectivity index (χ4n) is 6.07. The molecule has 3 nitrogen and oxygen atoms in total. The molecule has 0 amide bonds. The lowest BCUT2D eigenvalue weighted by atomic mass is 10.0. The summed E-state index contributed by atoms with van der Waals surface area (Å²) >= 11 is 0. The maximum absolute atomic E-state index is 6.41. The molecule has 0 bridgehead atoms. The normalized spacial score (nSPS) is 17.0. The Morgan fingerprint density at radius 1 is 0.800 bits per heavy atom. The van der Waals surface area contributed by atoms with Crippen molar-refractivity contribution in [2.24, 2.45) is 5.92 Å². The first kappa shape index (κ1) is 40.1. The van der Waals surface area contributed by atoms with Crippen LogP contribution in [0.25, 0.3) is 0 Å². The van der Waals surface area contributed by atoms with Gasteiger partial charge in [-0.1, -0.05) is 141 Å². The van der Waals surface area contributed by atoms with Gasteiger partial charge in [0.2, 0.25) is 0 Å². The molecule has 0 saturated carbocycles. The largest absolute Gasteiger partial charge is 0.465 e. The van der Waals surface area contributed by atoms with Crippen LogP contribution in [0.5, 0.6) is 5.75 Å². The highest BCUT2D eigenvalue weighted by Gasteiger charge is 2.37. The number of hydrogen-bond donors (Lipinski definition) is 0.